The van der Waals surface area contributed by atoms with E-state index in [0.29, 0.717) is 15.9 Å². The van der Waals surface area contributed by atoms with E-state index in [1.807, 2.05) is 0 Å². The van der Waals surface area contributed by atoms with Crippen molar-refractivity contribution in [2.45, 2.75) is 19.9 Å². The number of hydrogen-bond acceptors (Lipinski definition) is 4. The summed E-state index contributed by atoms with van der Waals surface area (Å²) in [7, 11) is 1.67. The van der Waals surface area contributed by atoms with E-state index in [2.05, 4.69) is 36.8 Å². The van der Waals surface area contributed by atoms with Crippen molar-refractivity contribution in [3.05, 3.63) is 39.4 Å². The number of carbonyl (C=O) groups is 1. The standard InChI is InChI=1S/C12H13BrFN5O/c1-6-8(13)4-5-9(14)10(6)12(20)15-7(2)11-16-17-18-19(11)3/h4-5,7H,1-3H3,(H,15,20). The van der Waals surface area contributed by atoms with Gasteiger partial charge in [-0.2, -0.15) is 0 Å². The largest absolute Gasteiger partial charge is 0.342 e. The molecule has 1 aromatic carbocycles. The minimum atomic E-state index is -0.563. The van der Waals surface area contributed by atoms with Crippen molar-refractivity contribution in [1.82, 2.24) is 25.5 Å². The molecule has 0 aliphatic rings. The lowest BCUT2D eigenvalue weighted by Gasteiger charge is -2.14. The predicted molar refractivity (Wildman–Crippen MR) is 73.5 cm³/mol. The van der Waals surface area contributed by atoms with E-state index >= 15 is 0 Å². The SMILES string of the molecule is Cc1c(Br)ccc(F)c1C(=O)NC(C)c1nnnn1C. The number of aryl methyl sites for hydroxylation is 1. The third-order valence-electron chi connectivity index (χ3n) is 2.96. The number of tetrazole rings is 1. The predicted octanol–water partition coefficient (Wildman–Crippen LogP) is 1.91. The minimum absolute atomic E-state index is 0.0151. The molecule has 0 saturated carbocycles. The van der Waals surface area contributed by atoms with Crippen molar-refractivity contribution in [2.75, 3.05) is 0 Å². The second kappa shape index (κ2) is 5.66. The first-order valence-corrected chi connectivity index (χ1v) is 6.68. The third kappa shape index (κ3) is 2.69. The number of halogens is 2. The number of carbonyl (C=O) groups excluding carboxylic acids is 1. The van der Waals surface area contributed by atoms with Crippen LogP contribution in [0.25, 0.3) is 0 Å². The summed E-state index contributed by atoms with van der Waals surface area (Å²) in [4.78, 5) is 12.2. The van der Waals surface area contributed by atoms with E-state index in [9.17, 15) is 9.18 Å². The number of benzene rings is 1. The van der Waals surface area contributed by atoms with E-state index in [0.717, 1.165) is 0 Å². The number of rotatable bonds is 3. The maximum absolute atomic E-state index is 13.8. The zero-order chi connectivity index (χ0) is 14.9. The highest BCUT2D eigenvalue weighted by Gasteiger charge is 2.21. The first-order chi connectivity index (χ1) is 9.41. The van der Waals surface area contributed by atoms with Gasteiger partial charge in [-0.15, -0.1) is 5.10 Å². The number of nitrogens with zero attached hydrogens (tertiary/aromatic N) is 4. The van der Waals surface area contributed by atoms with Gasteiger partial charge in [-0.25, -0.2) is 9.07 Å². The quantitative estimate of drug-likeness (QED) is 0.925. The van der Waals surface area contributed by atoms with Gasteiger partial charge >= 0.3 is 0 Å². The molecule has 1 N–H and O–H groups in total. The van der Waals surface area contributed by atoms with Crippen molar-refractivity contribution in [1.29, 1.82) is 0 Å². The summed E-state index contributed by atoms with van der Waals surface area (Å²) in [6.45, 7) is 3.41. The van der Waals surface area contributed by atoms with Crippen molar-refractivity contribution < 1.29 is 9.18 Å². The van der Waals surface area contributed by atoms with Crippen LogP contribution < -0.4 is 5.32 Å². The van der Waals surface area contributed by atoms with Crippen LogP contribution in [0.4, 0.5) is 4.39 Å². The summed E-state index contributed by atoms with van der Waals surface area (Å²) >= 11 is 3.28. The van der Waals surface area contributed by atoms with Crippen LogP contribution in [-0.2, 0) is 7.05 Å². The van der Waals surface area contributed by atoms with Gasteiger partial charge in [-0.05, 0) is 42.0 Å². The molecule has 20 heavy (non-hydrogen) atoms. The second-order valence-corrected chi connectivity index (χ2v) is 5.24. The van der Waals surface area contributed by atoms with Gasteiger partial charge in [0.05, 0.1) is 11.6 Å². The Morgan fingerprint density at radius 1 is 1.50 bits per heavy atom. The zero-order valence-electron chi connectivity index (χ0n) is 11.2. The van der Waals surface area contributed by atoms with Gasteiger partial charge in [0.1, 0.15) is 5.82 Å². The molecule has 0 aliphatic carbocycles. The maximum atomic E-state index is 13.8. The lowest BCUT2D eigenvalue weighted by molar-refractivity contribution is 0.0933. The van der Waals surface area contributed by atoms with Crippen molar-refractivity contribution >= 4 is 21.8 Å². The topological polar surface area (TPSA) is 72.7 Å². The highest BCUT2D eigenvalue weighted by Crippen LogP contribution is 2.23. The maximum Gasteiger partial charge on any atom is 0.255 e. The van der Waals surface area contributed by atoms with Gasteiger partial charge in [0, 0.05) is 11.5 Å². The Balaban J connectivity index is 2.25. The average molecular weight is 342 g/mol. The molecule has 0 radical (unpaired) electrons. The third-order valence-corrected chi connectivity index (χ3v) is 3.82. The number of amides is 1. The Morgan fingerprint density at radius 3 is 2.80 bits per heavy atom. The van der Waals surface area contributed by atoms with E-state index in [-0.39, 0.29) is 5.56 Å². The van der Waals surface area contributed by atoms with E-state index < -0.39 is 17.8 Å². The normalized spacial score (nSPS) is 12.2. The van der Waals surface area contributed by atoms with E-state index in [1.54, 1.807) is 27.0 Å². The van der Waals surface area contributed by atoms with Gasteiger partial charge in [-0.3, -0.25) is 4.79 Å². The van der Waals surface area contributed by atoms with Gasteiger partial charge in [0.2, 0.25) is 0 Å². The highest BCUT2D eigenvalue weighted by atomic mass is 79.9. The molecule has 1 heterocycles. The van der Waals surface area contributed by atoms with Crippen LogP contribution in [0.2, 0.25) is 0 Å². The Labute approximate surface area is 123 Å². The summed E-state index contributed by atoms with van der Waals surface area (Å²) in [5.74, 6) is -0.574. The Morgan fingerprint density at radius 2 is 2.20 bits per heavy atom. The number of hydrogen-bond donors (Lipinski definition) is 1. The molecular weight excluding hydrogens is 329 g/mol. The fraction of sp³-hybridized carbons (Fsp3) is 0.333. The molecule has 8 heteroatoms. The summed E-state index contributed by atoms with van der Waals surface area (Å²) in [6, 6.07) is 2.39. The van der Waals surface area contributed by atoms with E-state index in [4.69, 9.17) is 0 Å². The molecule has 1 aromatic heterocycles. The Hall–Kier alpha value is -1.83. The van der Waals surface area contributed by atoms with Gasteiger partial charge < -0.3 is 5.32 Å². The fourth-order valence-corrected chi connectivity index (χ4v) is 2.20. The summed E-state index contributed by atoms with van der Waals surface area (Å²) in [6.07, 6.45) is 0. The van der Waals surface area contributed by atoms with Crippen LogP contribution in [0.1, 0.15) is 34.7 Å². The molecule has 0 fully saturated rings. The number of aromatic nitrogens is 4. The average Bonchev–Trinajstić information content (AvgIpc) is 2.80. The molecule has 2 aromatic rings. The monoisotopic (exact) mass is 341 g/mol. The molecule has 1 amide bonds. The molecule has 6 nitrogen and oxygen atoms in total. The molecule has 2 rings (SSSR count). The second-order valence-electron chi connectivity index (χ2n) is 4.39. The van der Waals surface area contributed by atoms with Gasteiger partial charge in [-0.1, -0.05) is 15.9 Å². The molecule has 0 bridgehead atoms. The number of nitrogens with one attached hydrogen (secondary N) is 1. The van der Waals surface area contributed by atoms with Crippen LogP contribution in [0.15, 0.2) is 16.6 Å². The van der Waals surface area contributed by atoms with Gasteiger partial charge in [0.25, 0.3) is 5.91 Å². The zero-order valence-corrected chi connectivity index (χ0v) is 12.8. The van der Waals surface area contributed by atoms with Crippen LogP contribution in [0.5, 0.6) is 0 Å². The molecular formula is C12H13BrFN5O. The summed E-state index contributed by atoms with van der Waals surface area (Å²) in [5, 5.41) is 13.7. The molecule has 0 aliphatic heterocycles. The highest BCUT2D eigenvalue weighted by molar-refractivity contribution is 9.10. The summed E-state index contributed by atoms with van der Waals surface area (Å²) in [5.41, 5.74) is 0.562. The first-order valence-electron chi connectivity index (χ1n) is 5.89. The molecule has 1 unspecified atom stereocenters. The molecule has 0 saturated heterocycles. The lowest BCUT2D eigenvalue weighted by atomic mass is 10.1. The molecule has 0 spiro atoms. The van der Waals surface area contributed by atoms with Crippen LogP contribution in [0.3, 0.4) is 0 Å². The van der Waals surface area contributed by atoms with Crippen LogP contribution >= 0.6 is 15.9 Å². The minimum Gasteiger partial charge on any atom is -0.342 e. The lowest BCUT2D eigenvalue weighted by Crippen LogP contribution is -2.30. The molecule has 106 valence electrons. The van der Waals surface area contributed by atoms with Crippen LogP contribution in [-0.4, -0.2) is 26.1 Å². The van der Waals surface area contributed by atoms with E-state index in [1.165, 1.54) is 10.7 Å². The molecule has 1 atom stereocenters. The first kappa shape index (κ1) is 14.6. The van der Waals surface area contributed by atoms with Crippen molar-refractivity contribution in [2.24, 2.45) is 7.05 Å². The smallest absolute Gasteiger partial charge is 0.255 e. The Kier molecular flexibility index (Phi) is 4.12. The fourth-order valence-electron chi connectivity index (χ4n) is 1.87. The Bertz CT molecular complexity index is 657. The van der Waals surface area contributed by atoms with Crippen molar-refractivity contribution in [3.63, 3.8) is 0 Å². The van der Waals surface area contributed by atoms with Crippen molar-refractivity contribution in [3.8, 4) is 0 Å². The van der Waals surface area contributed by atoms with Crippen LogP contribution in [0, 0.1) is 12.7 Å². The summed E-state index contributed by atoms with van der Waals surface area (Å²) < 4.78 is 16.0. The van der Waals surface area contributed by atoms with Gasteiger partial charge in [0.15, 0.2) is 5.82 Å².